The van der Waals surface area contributed by atoms with Crippen LogP contribution in [0.4, 0.5) is 6.01 Å². The normalized spacial score (nSPS) is 13.9. The Hall–Kier alpha value is -2.48. The molecule has 0 aliphatic carbocycles. The predicted octanol–water partition coefficient (Wildman–Crippen LogP) is 3.06. The molecule has 8 heteroatoms. The SMILES string of the molecule is CC(C)Sc1cccc(-c2nnc(NC(=O)C3=COCCO3)o2)c1. The van der Waals surface area contributed by atoms with Gasteiger partial charge in [0.2, 0.25) is 11.6 Å². The molecule has 3 rings (SSSR count). The molecule has 7 nitrogen and oxygen atoms in total. The minimum Gasteiger partial charge on any atom is -0.494 e. The Balaban J connectivity index is 1.71. The Morgan fingerprint density at radius 1 is 1.29 bits per heavy atom. The predicted molar refractivity (Wildman–Crippen MR) is 89.3 cm³/mol. The first-order valence-electron chi connectivity index (χ1n) is 7.48. The standard InChI is InChI=1S/C16H17N3O4S/c1-10(2)24-12-5-3-4-11(8-12)15-18-19-16(23-15)17-14(20)13-9-21-6-7-22-13/h3-5,8-10H,6-7H2,1-2H3,(H,17,19,20). The third kappa shape index (κ3) is 4.08. The second-order valence-corrected chi connectivity index (χ2v) is 6.91. The Kier molecular flexibility index (Phi) is 5.05. The molecular formula is C16H17N3O4S. The smallest absolute Gasteiger partial charge is 0.322 e. The summed E-state index contributed by atoms with van der Waals surface area (Å²) in [5.74, 6) is -0.0726. The zero-order valence-electron chi connectivity index (χ0n) is 13.3. The molecule has 1 aliphatic rings. The first-order valence-corrected chi connectivity index (χ1v) is 8.36. The van der Waals surface area contributed by atoms with Gasteiger partial charge in [-0.25, -0.2) is 0 Å². The lowest BCUT2D eigenvalue weighted by Gasteiger charge is -2.13. The maximum atomic E-state index is 12.0. The number of ether oxygens (including phenoxy) is 2. The third-order valence-corrected chi connectivity index (χ3v) is 3.97. The highest BCUT2D eigenvalue weighted by Gasteiger charge is 2.18. The van der Waals surface area contributed by atoms with Crippen molar-refractivity contribution in [2.45, 2.75) is 24.0 Å². The van der Waals surface area contributed by atoms with Crippen molar-refractivity contribution in [1.82, 2.24) is 10.2 Å². The highest BCUT2D eigenvalue weighted by Crippen LogP contribution is 2.28. The zero-order valence-corrected chi connectivity index (χ0v) is 14.1. The van der Waals surface area contributed by atoms with Crippen LogP contribution >= 0.6 is 11.8 Å². The van der Waals surface area contributed by atoms with E-state index in [-0.39, 0.29) is 11.8 Å². The number of hydrogen-bond donors (Lipinski definition) is 1. The molecule has 0 radical (unpaired) electrons. The molecule has 0 unspecified atom stereocenters. The van der Waals surface area contributed by atoms with E-state index in [0.717, 1.165) is 10.5 Å². The minimum atomic E-state index is -0.492. The molecule has 1 N–H and O–H groups in total. The van der Waals surface area contributed by atoms with Crippen molar-refractivity contribution >= 4 is 23.7 Å². The molecule has 1 amide bonds. The quantitative estimate of drug-likeness (QED) is 0.832. The van der Waals surface area contributed by atoms with Gasteiger partial charge < -0.3 is 13.9 Å². The lowest BCUT2D eigenvalue weighted by atomic mass is 10.2. The third-order valence-electron chi connectivity index (χ3n) is 2.97. The molecule has 1 aromatic carbocycles. The van der Waals surface area contributed by atoms with Crippen LogP contribution in [0.2, 0.25) is 0 Å². The van der Waals surface area contributed by atoms with Gasteiger partial charge in [-0.05, 0) is 18.2 Å². The molecule has 0 fully saturated rings. The summed E-state index contributed by atoms with van der Waals surface area (Å²) in [5.41, 5.74) is 0.796. The van der Waals surface area contributed by atoms with Crippen molar-refractivity contribution < 1.29 is 18.7 Å². The molecule has 0 saturated carbocycles. The van der Waals surface area contributed by atoms with Crippen LogP contribution in [0.5, 0.6) is 0 Å². The van der Waals surface area contributed by atoms with Gasteiger partial charge >= 0.3 is 6.01 Å². The fourth-order valence-electron chi connectivity index (χ4n) is 2.01. The maximum absolute atomic E-state index is 12.0. The molecule has 2 heterocycles. The van der Waals surface area contributed by atoms with E-state index in [1.54, 1.807) is 11.8 Å². The number of carbonyl (C=O) groups is 1. The van der Waals surface area contributed by atoms with Crippen LogP contribution in [0.1, 0.15) is 13.8 Å². The van der Waals surface area contributed by atoms with E-state index in [9.17, 15) is 4.79 Å². The highest BCUT2D eigenvalue weighted by molar-refractivity contribution is 7.99. The monoisotopic (exact) mass is 347 g/mol. The average molecular weight is 347 g/mol. The minimum absolute atomic E-state index is 0.00647. The van der Waals surface area contributed by atoms with Crippen molar-refractivity contribution in [3.05, 3.63) is 36.3 Å². The summed E-state index contributed by atoms with van der Waals surface area (Å²) < 4.78 is 15.7. The van der Waals surface area contributed by atoms with Crippen LogP contribution in [0, 0.1) is 0 Å². The fourth-order valence-corrected chi connectivity index (χ4v) is 2.91. The maximum Gasteiger partial charge on any atom is 0.322 e. The molecular weight excluding hydrogens is 330 g/mol. The van der Waals surface area contributed by atoms with Gasteiger partial charge in [0.25, 0.3) is 5.91 Å². The Bertz CT molecular complexity index is 757. The summed E-state index contributed by atoms with van der Waals surface area (Å²) in [6.07, 6.45) is 1.27. The van der Waals surface area contributed by atoms with E-state index in [1.165, 1.54) is 6.26 Å². The van der Waals surface area contributed by atoms with Crippen molar-refractivity contribution in [2.24, 2.45) is 0 Å². The zero-order chi connectivity index (χ0) is 16.9. The molecule has 0 atom stereocenters. The van der Waals surface area contributed by atoms with Crippen LogP contribution in [0.25, 0.3) is 11.5 Å². The van der Waals surface area contributed by atoms with E-state index in [4.69, 9.17) is 13.9 Å². The summed E-state index contributed by atoms with van der Waals surface area (Å²) in [5, 5.41) is 10.8. The topological polar surface area (TPSA) is 86.5 Å². The van der Waals surface area contributed by atoms with E-state index < -0.39 is 5.91 Å². The number of anilines is 1. The van der Waals surface area contributed by atoms with Crippen LogP contribution < -0.4 is 5.32 Å². The van der Waals surface area contributed by atoms with Crippen LogP contribution in [0.15, 0.2) is 45.6 Å². The summed E-state index contributed by atoms with van der Waals surface area (Å²) in [4.78, 5) is 13.1. The molecule has 1 aromatic heterocycles. The highest BCUT2D eigenvalue weighted by atomic mass is 32.2. The van der Waals surface area contributed by atoms with E-state index >= 15 is 0 Å². The van der Waals surface area contributed by atoms with Crippen LogP contribution in [-0.2, 0) is 14.3 Å². The number of benzene rings is 1. The van der Waals surface area contributed by atoms with E-state index in [0.29, 0.717) is 24.4 Å². The van der Waals surface area contributed by atoms with Gasteiger partial charge in [0, 0.05) is 15.7 Å². The number of aromatic nitrogens is 2. The van der Waals surface area contributed by atoms with Gasteiger partial charge in [-0.3, -0.25) is 10.1 Å². The average Bonchev–Trinajstić information content (AvgIpc) is 3.04. The van der Waals surface area contributed by atoms with Crippen molar-refractivity contribution in [2.75, 3.05) is 18.5 Å². The van der Waals surface area contributed by atoms with Crippen molar-refractivity contribution in [1.29, 1.82) is 0 Å². The number of rotatable bonds is 5. The molecule has 2 aromatic rings. The molecule has 24 heavy (non-hydrogen) atoms. The summed E-state index contributed by atoms with van der Waals surface area (Å²) >= 11 is 1.75. The number of nitrogens with one attached hydrogen (secondary N) is 1. The van der Waals surface area contributed by atoms with Crippen LogP contribution in [-0.4, -0.2) is 34.6 Å². The van der Waals surface area contributed by atoms with E-state index in [1.807, 2.05) is 24.3 Å². The number of nitrogens with zero attached hydrogens (tertiary/aromatic N) is 2. The van der Waals surface area contributed by atoms with Crippen molar-refractivity contribution in [3.63, 3.8) is 0 Å². The van der Waals surface area contributed by atoms with Gasteiger partial charge in [0.15, 0.2) is 0 Å². The lowest BCUT2D eigenvalue weighted by molar-refractivity contribution is -0.117. The Morgan fingerprint density at radius 3 is 2.92 bits per heavy atom. The number of amides is 1. The molecule has 126 valence electrons. The summed E-state index contributed by atoms with van der Waals surface area (Å²) in [6.45, 7) is 5.01. The number of thioether (sulfide) groups is 1. The number of carbonyl (C=O) groups excluding carboxylic acids is 1. The van der Waals surface area contributed by atoms with Gasteiger partial charge in [0.05, 0.1) is 0 Å². The summed E-state index contributed by atoms with van der Waals surface area (Å²) in [6, 6.07) is 7.82. The molecule has 0 bridgehead atoms. The second kappa shape index (κ2) is 7.39. The first-order chi connectivity index (χ1) is 11.6. The fraction of sp³-hybridized carbons (Fsp3) is 0.312. The van der Waals surface area contributed by atoms with Gasteiger partial charge in [-0.2, -0.15) is 0 Å². The number of hydrogen-bond acceptors (Lipinski definition) is 7. The molecule has 0 spiro atoms. The van der Waals surface area contributed by atoms with Crippen molar-refractivity contribution in [3.8, 4) is 11.5 Å². The van der Waals surface area contributed by atoms with Gasteiger partial charge in [-0.15, -0.1) is 16.9 Å². The van der Waals surface area contributed by atoms with Gasteiger partial charge in [0.1, 0.15) is 19.5 Å². The largest absolute Gasteiger partial charge is 0.494 e. The first kappa shape index (κ1) is 16.4. The summed E-state index contributed by atoms with van der Waals surface area (Å²) in [7, 11) is 0. The molecule has 1 aliphatic heterocycles. The van der Waals surface area contributed by atoms with Crippen LogP contribution in [0.3, 0.4) is 0 Å². The Morgan fingerprint density at radius 2 is 2.17 bits per heavy atom. The Labute approximate surface area is 143 Å². The lowest BCUT2D eigenvalue weighted by Crippen LogP contribution is -2.21. The molecule has 0 saturated heterocycles. The van der Waals surface area contributed by atoms with Gasteiger partial charge in [-0.1, -0.05) is 25.0 Å². The second-order valence-electron chi connectivity index (χ2n) is 5.26. The van der Waals surface area contributed by atoms with E-state index in [2.05, 4.69) is 29.4 Å².